The maximum absolute atomic E-state index is 12.7. The zero-order valence-corrected chi connectivity index (χ0v) is 19.9. The van der Waals surface area contributed by atoms with Gasteiger partial charge in [-0.1, -0.05) is 11.3 Å². The normalized spacial score (nSPS) is 13.5. The largest absolute Gasteiger partial charge is 0.495 e. The van der Waals surface area contributed by atoms with Crippen LogP contribution < -0.4 is 14.8 Å². The Balaban J connectivity index is 1.73. The molecule has 0 atom stereocenters. The van der Waals surface area contributed by atoms with Gasteiger partial charge in [-0.25, -0.2) is 9.78 Å². The van der Waals surface area contributed by atoms with E-state index in [9.17, 15) is 9.59 Å². The van der Waals surface area contributed by atoms with E-state index in [0.29, 0.717) is 46.2 Å². The number of hydrogen-bond acceptors (Lipinski definition) is 7. The molecule has 1 aromatic carbocycles. The molecule has 0 saturated carbocycles. The fourth-order valence-electron chi connectivity index (χ4n) is 2.90. The number of nitrogens with one attached hydrogen (secondary N) is 1. The first-order chi connectivity index (χ1) is 14.1. The number of carbonyl (C=O) groups excluding carboxylic acids is 2. The van der Waals surface area contributed by atoms with E-state index < -0.39 is 5.60 Å². The molecule has 8 nitrogen and oxygen atoms in total. The maximum Gasteiger partial charge on any atom is 0.410 e. The SMILES string of the molecule is COc1cc(C(=O)Nc2nc3c(s2)CN(C(=O)OC(C)(C)C)CC3)cc(OC)c1Br. The monoisotopic (exact) mass is 497 g/mol. The van der Waals surface area contributed by atoms with Crippen molar-refractivity contribution in [2.75, 3.05) is 26.1 Å². The zero-order valence-electron chi connectivity index (χ0n) is 17.5. The third-order valence-corrected chi connectivity index (χ3v) is 6.09. The van der Waals surface area contributed by atoms with Crippen molar-refractivity contribution in [2.45, 2.75) is 39.3 Å². The number of methoxy groups -OCH3 is 2. The third-order valence-electron chi connectivity index (χ3n) is 4.31. The Morgan fingerprint density at radius 1 is 1.20 bits per heavy atom. The summed E-state index contributed by atoms with van der Waals surface area (Å²) in [6.45, 7) is 6.46. The van der Waals surface area contributed by atoms with Crippen molar-refractivity contribution in [3.63, 3.8) is 0 Å². The van der Waals surface area contributed by atoms with Crippen molar-refractivity contribution in [3.05, 3.63) is 32.7 Å². The predicted octanol–water partition coefficient (Wildman–Crippen LogP) is 4.47. The van der Waals surface area contributed by atoms with E-state index in [2.05, 4.69) is 26.2 Å². The van der Waals surface area contributed by atoms with Gasteiger partial charge in [0.15, 0.2) is 5.13 Å². The van der Waals surface area contributed by atoms with Gasteiger partial charge >= 0.3 is 6.09 Å². The van der Waals surface area contributed by atoms with Crippen molar-refractivity contribution >= 4 is 44.4 Å². The average molecular weight is 498 g/mol. The molecular weight excluding hydrogens is 474 g/mol. The molecule has 30 heavy (non-hydrogen) atoms. The minimum Gasteiger partial charge on any atom is -0.495 e. The second kappa shape index (κ2) is 8.81. The maximum atomic E-state index is 12.7. The molecule has 162 valence electrons. The fourth-order valence-corrected chi connectivity index (χ4v) is 4.47. The van der Waals surface area contributed by atoms with Crippen molar-refractivity contribution in [2.24, 2.45) is 0 Å². The van der Waals surface area contributed by atoms with Gasteiger partial charge in [0, 0.05) is 23.4 Å². The summed E-state index contributed by atoms with van der Waals surface area (Å²) in [5.41, 5.74) is 0.730. The lowest BCUT2D eigenvalue weighted by molar-refractivity contribution is 0.0225. The number of rotatable bonds is 4. The van der Waals surface area contributed by atoms with Crippen LogP contribution in [0.15, 0.2) is 16.6 Å². The first kappa shape index (κ1) is 22.4. The number of benzene rings is 1. The molecule has 3 rings (SSSR count). The molecule has 0 radical (unpaired) electrons. The Morgan fingerprint density at radius 2 is 1.83 bits per heavy atom. The molecule has 0 fully saturated rings. The third kappa shape index (κ3) is 5.04. The molecule has 0 bridgehead atoms. The van der Waals surface area contributed by atoms with Gasteiger partial charge in [-0.05, 0) is 48.8 Å². The van der Waals surface area contributed by atoms with Crippen LogP contribution in [0.1, 0.15) is 41.7 Å². The van der Waals surface area contributed by atoms with Crippen molar-refractivity contribution in [3.8, 4) is 11.5 Å². The summed E-state index contributed by atoms with van der Waals surface area (Å²) >= 11 is 4.75. The second-order valence-electron chi connectivity index (χ2n) is 7.69. The lowest BCUT2D eigenvalue weighted by Crippen LogP contribution is -2.39. The van der Waals surface area contributed by atoms with E-state index in [1.807, 2.05) is 20.8 Å². The average Bonchev–Trinajstić information content (AvgIpc) is 3.08. The molecule has 10 heteroatoms. The van der Waals surface area contributed by atoms with Gasteiger partial charge in [0.1, 0.15) is 21.6 Å². The molecule has 0 spiro atoms. The number of thiazole rings is 1. The first-order valence-corrected chi connectivity index (χ1v) is 10.9. The van der Waals surface area contributed by atoms with E-state index in [1.165, 1.54) is 25.6 Å². The molecule has 0 unspecified atom stereocenters. The highest BCUT2D eigenvalue weighted by molar-refractivity contribution is 9.10. The molecule has 0 saturated heterocycles. The van der Waals surface area contributed by atoms with Crippen molar-refractivity contribution < 1.29 is 23.8 Å². The lowest BCUT2D eigenvalue weighted by atomic mass is 10.2. The number of ether oxygens (including phenoxy) is 3. The highest BCUT2D eigenvalue weighted by Gasteiger charge is 2.28. The zero-order chi connectivity index (χ0) is 22.1. The number of fused-ring (bicyclic) bond motifs is 1. The van der Waals surface area contributed by atoms with Crippen molar-refractivity contribution in [1.29, 1.82) is 0 Å². The van der Waals surface area contributed by atoms with Crippen LogP contribution in [0.2, 0.25) is 0 Å². The van der Waals surface area contributed by atoms with Gasteiger partial charge in [0.05, 0.1) is 26.5 Å². The molecule has 1 aromatic heterocycles. The van der Waals surface area contributed by atoms with E-state index in [-0.39, 0.29) is 12.0 Å². The van der Waals surface area contributed by atoms with Gasteiger partial charge in [-0.15, -0.1) is 0 Å². The lowest BCUT2D eigenvalue weighted by Gasteiger charge is -2.29. The summed E-state index contributed by atoms with van der Waals surface area (Å²) in [6, 6.07) is 3.25. The second-order valence-corrected chi connectivity index (χ2v) is 9.57. The van der Waals surface area contributed by atoms with Crippen molar-refractivity contribution in [1.82, 2.24) is 9.88 Å². The summed E-state index contributed by atoms with van der Waals surface area (Å²) in [6.07, 6.45) is 0.266. The van der Waals surface area contributed by atoms with Gasteiger partial charge < -0.3 is 19.1 Å². The number of hydrogen-bond donors (Lipinski definition) is 1. The standard InChI is InChI=1S/C20H24BrN3O5S/c1-20(2,3)29-19(26)24-7-6-12-15(10-24)30-18(22-12)23-17(25)11-8-13(27-4)16(21)14(9-11)28-5/h8-9H,6-7,10H2,1-5H3,(H,22,23,25). The van der Waals surface area contributed by atoms with Gasteiger partial charge in [0.25, 0.3) is 5.91 Å². The molecule has 1 N–H and O–H groups in total. The van der Waals surface area contributed by atoms with E-state index in [4.69, 9.17) is 14.2 Å². The van der Waals surface area contributed by atoms with E-state index in [0.717, 1.165) is 10.6 Å². The first-order valence-electron chi connectivity index (χ1n) is 9.30. The number of halogens is 1. The highest BCUT2D eigenvalue weighted by atomic mass is 79.9. The Hall–Kier alpha value is -2.33. The molecule has 2 aromatic rings. The quantitative estimate of drug-likeness (QED) is 0.669. The Labute approximate surface area is 187 Å². The number of amides is 2. The number of anilines is 1. The van der Waals surface area contributed by atoms with Crippen LogP contribution in [0.3, 0.4) is 0 Å². The summed E-state index contributed by atoms with van der Waals surface area (Å²) < 4.78 is 16.7. The van der Waals surface area contributed by atoms with Crippen LogP contribution in [-0.2, 0) is 17.7 Å². The molecule has 0 aliphatic carbocycles. The number of aromatic nitrogens is 1. The number of carbonyl (C=O) groups is 2. The minimum absolute atomic E-state index is 0.325. The van der Waals surface area contributed by atoms with Gasteiger partial charge in [-0.3, -0.25) is 10.1 Å². The van der Waals surface area contributed by atoms with Gasteiger partial charge in [-0.2, -0.15) is 0 Å². The number of nitrogens with zero attached hydrogens (tertiary/aromatic N) is 2. The summed E-state index contributed by atoms with van der Waals surface area (Å²) in [5.74, 6) is 0.658. The fraction of sp³-hybridized carbons (Fsp3) is 0.450. The molecule has 1 aliphatic rings. The van der Waals surface area contributed by atoms with Crippen LogP contribution in [0.5, 0.6) is 11.5 Å². The highest BCUT2D eigenvalue weighted by Crippen LogP contribution is 2.36. The molecule has 2 heterocycles. The Bertz CT molecular complexity index is 945. The van der Waals surface area contributed by atoms with Crippen LogP contribution in [0.4, 0.5) is 9.93 Å². The van der Waals surface area contributed by atoms with Crippen LogP contribution >= 0.6 is 27.3 Å². The molecule has 1 aliphatic heterocycles. The van der Waals surface area contributed by atoms with Crippen LogP contribution in [0.25, 0.3) is 0 Å². The Morgan fingerprint density at radius 3 is 2.40 bits per heavy atom. The van der Waals surface area contributed by atoms with E-state index >= 15 is 0 Å². The van der Waals surface area contributed by atoms with Crippen LogP contribution in [-0.4, -0.2) is 48.2 Å². The summed E-state index contributed by atoms with van der Waals surface area (Å²) in [4.78, 5) is 32.2. The summed E-state index contributed by atoms with van der Waals surface area (Å²) in [5, 5.41) is 3.31. The predicted molar refractivity (Wildman–Crippen MR) is 118 cm³/mol. The van der Waals surface area contributed by atoms with Crippen LogP contribution in [0, 0.1) is 0 Å². The molecule has 2 amide bonds. The summed E-state index contributed by atoms with van der Waals surface area (Å²) in [7, 11) is 3.04. The topological polar surface area (TPSA) is 90.0 Å². The Kier molecular flexibility index (Phi) is 6.56. The minimum atomic E-state index is -0.545. The van der Waals surface area contributed by atoms with Gasteiger partial charge in [0.2, 0.25) is 0 Å². The van der Waals surface area contributed by atoms with E-state index in [1.54, 1.807) is 17.0 Å². The molecular formula is C20H24BrN3O5S. The smallest absolute Gasteiger partial charge is 0.410 e.